The third kappa shape index (κ3) is 3.25. The van der Waals surface area contributed by atoms with E-state index in [4.69, 9.17) is 4.55 Å². The Hall–Kier alpha value is -1.04. The molecule has 0 aromatic heterocycles. The number of rotatable bonds is 4. The summed E-state index contributed by atoms with van der Waals surface area (Å²) in [7, 11) is -4.05. The fourth-order valence-corrected chi connectivity index (χ4v) is 3.55. The first kappa shape index (κ1) is 15.0. The summed E-state index contributed by atoms with van der Waals surface area (Å²) in [6.07, 6.45) is 0.715. The van der Waals surface area contributed by atoms with Gasteiger partial charge in [-0.2, -0.15) is 3.71 Å². The molecule has 11 heteroatoms. The van der Waals surface area contributed by atoms with Gasteiger partial charge in [-0.15, -0.1) is 0 Å². The first-order valence-electron chi connectivity index (χ1n) is 4.20. The summed E-state index contributed by atoms with van der Waals surface area (Å²) in [6.45, 7) is 0. The molecule has 0 aliphatic heterocycles. The average Bonchev–Trinajstić information content (AvgIpc) is 2.18. The molecule has 1 atom stereocenters. The number of sulfonamides is 1. The largest absolute Gasteiger partial charge is 0.288 e. The number of halogens is 1. The zero-order valence-corrected chi connectivity index (χ0v) is 12.0. The van der Waals surface area contributed by atoms with Crippen LogP contribution in [0.2, 0.25) is 0 Å². The molecule has 1 rings (SSSR count). The summed E-state index contributed by atoms with van der Waals surface area (Å²) < 4.78 is 43.1. The van der Waals surface area contributed by atoms with Crippen LogP contribution in [-0.2, 0) is 21.3 Å². The number of benzene rings is 1. The van der Waals surface area contributed by atoms with Gasteiger partial charge < -0.3 is 0 Å². The number of hydrogen-bond donors (Lipinski definition) is 1. The number of nitro benzene ring substituents is 1. The smallest absolute Gasteiger partial charge is 0.276 e. The first-order valence-corrected chi connectivity index (χ1v) is 7.90. The Balaban J connectivity index is 3.51. The quantitative estimate of drug-likeness (QED) is 0.491. The van der Waals surface area contributed by atoms with Crippen LogP contribution >= 0.6 is 15.9 Å². The van der Waals surface area contributed by atoms with Gasteiger partial charge in [0, 0.05) is 16.6 Å². The Labute approximate surface area is 113 Å². The van der Waals surface area contributed by atoms with Gasteiger partial charge in [0.1, 0.15) is 0 Å². The summed E-state index contributed by atoms with van der Waals surface area (Å²) in [6, 6.07) is 3.24. The van der Waals surface area contributed by atoms with Crippen molar-refractivity contribution in [3.05, 3.63) is 32.8 Å². The Morgan fingerprint density at radius 2 is 2.06 bits per heavy atom. The number of nitro groups is 1. The van der Waals surface area contributed by atoms with Crippen LogP contribution in [0.5, 0.6) is 0 Å². The van der Waals surface area contributed by atoms with Gasteiger partial charge in [-0.25, -0.2) is 12.6 Å². The van der Waals surface area contributed by atoms with Crippen molar-refractivity contribution < 1.29 is 22.1 Å². The van der Waals surface area contributed by atoms with Gasteiger partial charge in [0.15, 0.2) is 0 Å². The minimum absolute atomic E-state index is 0.140. The Kier molecular flexibility index (Phi) is 4.42. The van der Waals surface area contributed by atoms with Crippen LogP contribution in [0.1, 0.15) is 0 Å². The van der Waals surface area contributed by atoms with E-state index in [-0.39, 0.29) is 13.9 Å². The van der Waals surface area contributed by atoms with Gasteiger partial charge in [0.25, 0.3) is 17.0 Å². The predicted octanol–water partition coefficient (Wildman–Crippen LogP) is 1.26. The van der Waals surface area contributed by atoms with Gasteiger partial charge in [-0.1, -0.05) is 0 Å². The third-order valence-corrected chi connectivity index (χ3v) is 4.93. The molecule has 0 amide bonds. The molecule has 0 saturated carbocycles. The van der Waals surface area contributed by atoms with Crippen LogP contribution in [0.15, 0.2) is 22.7 Å². The summed E-state index contributed by atoms with van der Waals surface area (Å²) in [5, 5.41) is 10.6. The molecular weight excluding hydrogens is 352 g/mol. The molecule has 1 unspecified atom stereocenters. The molecule has 1 aromatic rings. The van der Waals surface area contributed by atoms with Crippen LogP contribution < -0.4 is 3.71 Å². The Bertz CT molecular complexity index is 616. The lowest BCUT2D eigenvalue weighted by atomic mass is 10.3. The second kappa shape index (κ2) is 5.30. The highest BCUT2D eigenvalue weighted by molar-refractivity contribution is 9.10. The molecular formula is C7H7BrN2O6S2. The van der Waals surface area contributed by atoms with Gasteiger partial charge in [0.2, 0.25) is 10.0 Å². The highest BCUT2D eigenvalue weighted by atomic mass is 79.9. The molecule has 1 aromatic carbocycles. The van der Waals surface area contributed by atoms with Crippen molar-refractivity contribution in [2.45, 2.75) is 0 Å². The maximum atomic E-state index is 11.4. The molecule has 100 valence electrons. The van der Waals surface area contributed by atoms with E-state index in [0.717, 1.165) is 12.1 Å². The number of non-ortho nitro benzene ring substituents is 1. The number of nitrogens with zero attached hydrogens (tertiary/aromatic N) is 2. The molecule has 0 heterocycles. The molecule has 0 fully saturated rings. The highest BCUT2D eigenvalue weighted by Gasteiger charge is 2.27. The summed E-state index contributed by atoms with van der Waals surface area (Å²) >= 11 is 0.104. The zero-order valence-electron chi connectivity index (χ0n) is 8.81. The van der Waals surface area contributed by atoms with Crippen molar-refractivity contribution >= 4 is 48.6 Å². The van der Waals surface area contributed by atoms with E-state index in [1.165, 1.54) is 6.07 Å². The van der Waals surface area contributed by atoms with Crippen molar-refractivity contribution in [1.82, 2.24) is 0 Å². The average molecular weight is 359 g/mol. The van der Waals surface area contributed by atoms with E-state index >= 15 is 0 Å². The second-order valence-corrected chi connectivity index (χ2v) is 6.86. The first-order chi connectivity index (χ1) is 8.14. The van der Waals surface area contributed by atoms with Gasteiger partial charge in [0.05, 0.1) is 16.9 Å². The predicted molar refractivity (Wildman–Crippen MR) is 68.9 cm³/mol. The molecule has 0 bridgehead atoms. The van der Waals surface area contributed by atoms with Crippen LogP contribution in [-0.4, -0.2) is 28.4 Å². The lowest BCUT2D eigenvalue weighted by molar-refractivity contribution is -0.384. The van der Waals surface area contributed by atoms with E-state index in [1.807, 2.05) is 0 Å². The van der Waals surface area contributed by atoms with Gasteiger partial charge in [-0.3, -0.25) is 14.7 Å². The molecule has 1 N–H and O–H groups in total. The lowest BCUT2D eigenvalue weighted by Crippen LogP contribution is -2.31. The van der Waals surface area contributed by atoms with Crippen LogP contribution in [0.4, 0.5) is 11.4 Å². The third-order valence-electron chi connectivity index (χ3n) is 1.78. The van der Waals surface area contributed by atoms with Crippen LogP contribution in [0, 0.1) is 10.1 Å². The van der Waals surface area contributed by atoms with Crippen molar-refractivity contribution in [3.8, 4) is 0 Å². The van der Waals surface area contributed by atoms with E-state index in [2.05, 4.69) is 15.9 Å². The van der Waals surface area contributed by atoms with Crippen molar-refractivity contribution in [3.63, 3.8) is 0 Å². The van der Waals surface area contributed by atoms with E-state index < -0.39 is 31.9 Å². The SMILES string of the molecule is CS(=O)(=O)N(c1cc([N+](=O)[O-])ccc1Br)S(=O)O. The second-order valence-electron chi connectivity index (χ2n) is 3.11. The molecule has 0 radical (unpaired) electrons. The Morgan fingerprint density at radius 1 is 1.50 bits per heavy atom. The number of anilines is 1. The highest BCUT2D eigenvalue weighted by Crippen LogP contribution is 2.32. The van der Waals surface area contributed by atoms with Crippen molar-refractivity contribution in [1.29, 1.82) is 0 Å². The molecule has 0 aliphatic rings. The van der Waals surface area contributed by atoms with E-state index in [0.29, 0.717) is 6.26 Å². The van der Waals surface area contributed by atoms with Crippen molar-refractivity contribution in [2.75, 3.05) is 9.97 Å². The fourth-order valence-electron chi connectivity index (χ4n) is 1.13. The van der Waals surface area contributed by atoms with Gasteiger partial charge >= 0.3 is 0 Å². The minimum Gasteiger partial charge on any atom is -0.288 e. The molecule has 0 aliphatic carbocycles. The summed E-state index contributed by atoms with van der Waals surface area (Å²) in [5.74, 6) is 0. The minimum atomic E-state index is -4.05. The fraction of sp³-hybridized carbons (Fsp3) is 0.143. The number of hydrogen-bond acceptors (Lipinski definition) is 5. The topological polar surface area (TPSA) is 118 Å². The maximum Gasteiger partial charge on any atom is 0.276 e. The molecule has 18 heavy (non-hydrogen) atoms. The van der Waals surface area contributed by atoms with Crippen molar-refractivity contribution in [2.24, 2.45) is 0 Å². The van der Waals surface area contributed by atoms with Gasteiger partial charge in [-0.05, 0) is 22.0 Å². The zero-order chi connectivity index (χ0) is 14.1. The lowest BCUT2D eigenvalue weighted by Gasteiger charge is -2.18. The molecule has 8 nitrogen and oxygen atoms in total. The molecule has 0 spiro atoms. The standard InChI is InChI=1S/C7H7BrN2O6S2/c1-18(15,16)10(17(13)14)7-4-5(9(11)12)2-3-6(7)8/h2-4H,1H3,(H,13,14). The maximum absolute atomic E-state index is 11.4. The van der Waals surface area contributed by atoms with Crippen LogP contribution in [0.3, 0.4) is 0 Å². The normalized spacial score (nSPS) is 13.1. The van der Waals surface area contributed by atoms with E-state index in [9.17, 15) is 22.7 Å². The summed E-state index contributed by atoms with van der Waals surface area (Å²) in [5.41, 5.74) is -0.681. The Morgan fingerprint density at radius 3 is 2.44 bits per heavy atom. The summed E-state index contributed by atoms with van der Waals surface area (Å²) in [4.78, 5) is 9.85. The van der Waals surface area contributed by atoms with Crippen LogP contribution in [0.25, 0.3) is 0 Å². The van der Waals surface area contributed by atoms with E-state index in [1.54, 1.807) is 0 Å². The molecule has 0 saturated heterocycles. The monoisotopic (exact) mass is 358 g/mol.